The monoisotopic (exact) mass is 217 g/mol. The first kappa shape index (κ1) is 10.8. The lowest BCUT2D eigenvalue weighted by Crippen LogP contribution is -1.95. The van der Waals surface area contributed by atoms with Crippen molar-refractivity contribution in [3.8, 4) is 11.3 Å². The molecule has 0 spiro atoms. The molecule has 16 heavy (non-hydrogen) atoms. The van der Waals surface area contributed by atoms with Crippen molar-refractivity contribution in [2.45, 2.75) is 6.42 Å². The number of rotatable bonds is 3. The van der Waals surface area contributed by atoms with Gasteiger partial charge in [0.05, 0.1) is 5.69 Å². The summed E-state index contributed by atoms with van der Waals surface area (Å²) < 4.78 is 12.7. The fraction of sp³-hybridized carbons (Fsp3) is 0.154. The third-order valence-corrected chi connectivity index (χ3v) is 2.31. The van der Waals surface area contributed by atoms with Gasteiger partial charge in [-0.1, -0.05) is 6.07 Å². The molecule has 1 heterocycles. The molecule has 0 fully saturated rings. The van der Waals surface area contributed by atoms with Crippen molar-refractivity contribution in [3.05, 3.63) is 54.0 Å². The number of aliphatic hydroxyl groups is 1. The molecular weight excluding hydrogens is 205 g/mol. The molecule has 0 amide bonds. The second-order valence-electron chi connectivity index (χ2n) is 3.49. The van der Waals surface area contributed by atoms with E-state index in [-0.39, 0.29) is 12.4 Å². The Morgan fingerprint density at radius 3 is 2.50 bits per heavy atom. The summed E-state index contributed by atoms with van der Waals surface area (Å²) in [7, 11) is 0. The van der Waals surface area contributed by atoms with Crippen LogP contribution < -0.4 is 0 Å². The van der Waals surface area contributed by atoms with E-state index in [9.17, 15) is 4.39 Å². The number of aromatic nitrogens is 1. The SMILES string of the molecule is OCCc1cccc(-c2ccc(F)cc2)n1. The van der Waals surface area contributed by atoms with Crippen molar-refractivity contribution in [1.82, 2.24) is 4.98 Å². The maximum atomic E-state index is 12.7. The van der Waals surface area contributed by atoms with E-state index in [1.54, 1.807) is 12.1 Å². The summed E-state index contributed by atoms with van der Waals surface area (Å²) >= 11 is 0. The molecule has 0 aliphatic heterocycles. The molecule has 2 nitrogen and oxygen atoms in total. The Bertz CT molecular complexity index is 468. The Morgan fingerprint density at radius 1 is 1.06 bits per heavy atom. The number of aliphatic hydroxyl groups excluding tert-OH is 1. The van der Waals surface area contributed by atoms with E-state index in [0.717, 1.165) is 17.0 Å². The highest BCUT2D eigenvalue weighted by Gasteiger charge is 2.01. The summed E-state index contributed by atoms with van der Waals surface area (Å²) in [6.45, 7) is 0.0832. The average molecular weight is 217 g/mol. The van der Waals surface area contributed by atoms with Crippen molar-refractivity contribution in [1.29, 1.82) is 0 Å². The van der Waals surface area contributed by atoms with Gasteiger partial charge in [-0.3, -0.25) is 4.98 Å². The van der Waals surface area contributed by atoms with Crippen LogP contribution in [0.5, 0.6) is 0 Å². The second-order valence-corrected chi connectivity index (χ2v) is 3.49. The van der Waals surface area contributed by atoms with Gasteiger partial charge in [-0.05, 0) is 36.4 Å². The topological polar surface area (TPSA) is 33.1 Å². The molecule has 0 atom stereocenters. The summed E-state index contributed by atoms with van der Waals surface area (Å²) in [4.78, 5) is 4.38. The molecule has 0 aliphatic rings. The zero-order valence-electron chi connectivity index (χ0n) is 8.73. The van der Waals surface area contributed by atoms with Gasteiger partial charge in [0.1, 0.15) is 5.82 Å². The number of nitrogens with zero attached hydrogens (tertiary/aromatic N) is 1. The van der Waals surface area contributed by atoms with Gasteiger partial charge in [-0.25, -0.2) is 4.39 Å². The van der Waals surface area contributed by atoms with Gasteiger partial charge < -0.3 is 5.11 Å². The van der Waals surface area contributed by atoms with Crippen LogP contribution in [0.3, 0.4) is 0 Å². The maximum absolute atomic E-state index is 12.7. The van der Waals surface area contributed by atoms with Crippen molar-refractivity contribution in [3.63, 3.8) is 0 Å². The first-order chi connectivity index (χ1) is 7.79. The Hall–Kier alpha value is -1.74. The van der Waals surface area contributed by atoms with E-state index in [1.165, 1.54) is 12.1 Å². The Morgan fingerprint density at radius 2 is 1.81 bits per heavy atom. The van der Waals surface area contributed by atoms with Crippen LogP contribution in [-0.4, -0.2) is 16.7 Å². The largest absolute Gasteiger partial charge is 0.396 e. The minimum Gasteiger partial charge on any atom is -0.396 e. The number of hydrogen-bond donors (Lipinski definition) is 1. The van der Waals surface area contributed by atoms with Crippen molar-refractivity contribution < 1.29 is 9.50 Å². The van der Waals surface area contributed by atoms with E-state index < -0.39 is 0 Å². The molecule has 3 heteroatoms. The molecule has 1 aromatic carbocycles. The molecular formula is C13H12FNO. The van der Waals surface area contributed by atoms with Crippen molar-refractivity contribution in [2.24, 2.45) is 0 Å². The molecule has 0 saturated heterocycles. The van der Waals surface area contributed by atoms with Gasteiger partial charge in [-0.2, -0.15) is 0 Å². The highest BCUT2D eigenvalue weighted by atomic mass is 19.1. The van der Waals surface area contributed by atoms with Gasteiger partial charge in [0.15, 0.2) is 0 Å². The standard InChI is InChI=1S/C13H12FNO/c14-11-6-4-10(5-7-11)13-3-1-2-12(15-13)8-9-16/h1-7,16H,8-9H2. The molecule has 2 rings (SSSR count). The predicted molar refractivity (Wildman–Crippen MR) is 60.4 cm³/mol. The van der Waals surface area contributed by atoms with E-state index in [2.05, 4.69) is 4.98 Å². The van der Waals surface area contributed by atoms with Crippen LogP contribution in [0.4, 0.5) is 4.39 Å². The molecule has 2 aromatic rings. The second kappa shape index (κ2) is 4.86. The van der Waals surface area contributed by atoms with Gasteiger partial charge in [-0.15, -0.1) is 0 Å². The normalized spacial score (nSPS) is 10.4. The van der Waals surface area contributed by atoms with Gasteiger partial charge in [0, 0.05) is 24.3 Å². The van der Waals surface area contributed by atoms with E-state index in [0.29, 0.717) is 6.42 Å². The lowest BCUT2D eigenvalue weighted by Gasteiger charge is -2.03. The minimum atomic E-state index is -0.254. The first-order valence-electron chi connectivity index (χ1n) is 5.12. The van der Waals surface area contributed by atoms with Gasteiger partial charge in [0.25, 0.3) is 0 Å². The lowest BCUT2D eigenvalue weighted by atomic mass is 10.1. The van der Waals surface area contributed by atoms with Gasteiger partial charge >= 0.3 is 0 Å². The smallest absolute Gasteiger partial charge is 0.123 e. The predicted octanol–water partition coefficient (Wildman–Crippen LogP) is 2.42. The van der Waals surface area contributed by atoms with Crippen LogP contribution in [0.25, 0.3) is 11.3 Å². The third kappa shape index (κ3) is 2.44. The lowest BCUT2D eigenvalue weighted by molar-refractivity contribution is 0.298. The van der Waals surface area contributed by atoms with Crippen molar-refractivity contribution >= 4 is 0 Å². The molecule has 1 N–H and O–H groups in total. The zero-order chi connectivity index (χ0) is 11.4. The molecule has 0 aliphatic carbocycles. The summed E-state index contributed by atoms with van der Waals surface area (Å²) in [5.41, 5.74) is 2.51. The van der Waals surface area contributed by atoms with Crippen LogP contribution in [0, 0.1) is 5.82 Å². The maximum Gasteiger partial charge on any atom is 0.123 e. The summed E-state index contributed by atoms with van der Waals surface area (Å²) in [5, 5.41) is 8.83. The van der Waals surface area contributed by atoms with E-state index in [1.807, 2.05) is 18.2 Å². The summed E-state index contributed by atoms with van der Waals surface area (Å²) in [6.07, 6.45) is 0.537. The molecule has 82 valence electrons. The highest BCUT2D eigenvalue weighted by Crippen LogP contribution is 2.17. The highest BCUT2D eigenvalue weighted by molar-refractivity contribution is 5.58. The molecule has 0 bridgehead atoms. The molecule has 1 aromatic heterocycles. The minimum absolute atomic E-state index is 0.0832. The first-order valence-corrected chi connectivity index (χ1v) is 5.12. The van der Waals surface area contributed by atoms with E-state index in [4.69, 9.17) is 5.11 Å². The fourth-order valence-corrected chi connectivity index (χ4v) is 1.51. The van der Waals surface area contributed by atoms with Crippen molar-refractivity contribution in [2.75, 3.05) is 6.61 Å². The molecule has 0 unspecified atom stereocenters. The quantitative estimate of drug-likeness (QED) is 0.856. The molecule has 0 radical (unpaired) electrons. The van der Waals surface area contributed by atoms with Crippen LogP contribution in [0.2, 0.25) is 0 Å². The van der Waals surface area contributed by atoms with Crippen LogP contribution >= 0.6 is 0 Å². The number of halogens is 1. The molecule has 0 saturated carbocycles. The summed E-state index contributed by atoms with van der Waals surface area (Å²) in [6, 6.07) is 11.8. The Kier molecular flexibility index (Phi) is 3.27. The van der Waals surface area contributed by atoms with E-state index >= 15 is 0 Å². The Labute approximate surface area is 93.4 Å². The average Bonchev–Trinajstić information content (AvgIpc) is 2.31. The zero-order valence-corrected chi connectivity index (χ0v) is 8.73. The van der Waals surface area contributed by atoms with Crippen LogP contribution in [0.15, 0.2) is 42.5 Å². The van der Waals surface area contributed by atoms with Crippen LogP contribution in [-0.2, 0) is 6.42 Å². The third-order valence-electron chi connectivity index (χ3n) is 2.31. The van der Waals surface area contributed by atoms with Crippen LogP contribution in [0.1, 0.15) is 5.69 Å². The van der Waals surface area contributed by atoms with Gasteiger partial charge in [0.2, 0.25) is 0 Å². The fourth-order valence-electron chi connectivity index (χ4n) is 1.51. The number of pyridine rings is 1. The Balaban J connectivity index is 2.32. The number of hydrogen-bond acceptors (Lipinski definition) is 2. The summed E-state index contributed by atoms with van der Waals surface area (Å²) in [5.74, 6) is -0.254. The number of benzene rings is 1.